The second-order valence-electron chi connectivity index (χ2n) is 3.03. The molecule has 1 aliphatic rings. The molecule has 1 rings (SSSR count). The molecule has 0 saturated carbocycles. The Hall–Kier alpha value is -0.0200. The van der Waals surface area contributed by atoms with Crippen LogP contribution in [0.5, 0.6) is 0 Å². The zero-order chi connectivity index (χ0) is 9.03. The Kier molecular flexibility index (Phi) is 3.59. The van der Waals surface area contributed by atoms with Crippen molar-refractivity contribution in [1.29, 1.82) is 0 Å². The quantitative estimate of drug-likeness (QED) is 0.504. The van der Waals surface area contributed by atoms with Crippen molar-refractivity contribution in [3.05, 3.63) is 0 Å². The van der Waals surface area contributed by atoms with Gasteiger partial charge in [0.05, 0.1) is 6.61 Å². The lowest BCUT2D eigenvalue weighted by Gasteiger charge is -2.16. The van der Waals surface area contributed by atoms with Gasteiger partial charge >= 0.3 is 0 Å². The van der Waals surface area contributed by atoms with E-state index in [1.807, 2.05) is 20.5 Å². The Labute approximate surface area is 74.0 Å². The summed E-state index contributed by atoms with van der Waals surface area (Å²) in [5.41, 5.74) is 0. The molecular formula is C7H14NO3P. The molecule has 1 saturated heterocycles. The minimum Gasteiger partial charge on any atom is -0.348 e. The maximum absolute atomic E-state index is 5.49. The fourth-order valence-corrected chi connectivity index (χ4v) is 1.20. The third kappa shape index (κ3) is 3.15. The van der Waals surface area contributed by atoms with E-state index < -0.39 is 5.79 Å². The van der Waals surface area contributed by atoms with Crippen LogP contribution in [-0.2, 0) is 14.3 Å². The zero-order valence-corrected chi connectivity index (χ0v) is 8.51. The summed E-state index contributed by atoms with van der Waals surface area (Å²) in [6, 6.07) is 0. The van der Waals surface area contributed by atoms with Gasteiger partial charge in [-0.15, -0.1) is 4.91 Å². The highest BCUT2D eigenvalue weighted by Crippen LogP contribution is 2.22. The summed E-state index contributed by atoms with van der Waals surface area (Å²) in [7, 11) is 0.882. The topological polar surface area (TPSA) is 40.0 Å². The Morgan fingerprint density at radius 3 is 2.92 bits per heavy atom. The minimum atomic E-state index is -0.460. The van der Waals surface area contributed by atoms with E-state index in [0.29, 0.717) is 13.2 Å². The summed E-state index contributed by atoms with van der Waals surface area (Å²) in [6.45, 7) is 6.74. The maximum atomic E-state index is 5.49. The summed E-state index contributed by atoms with van der Waals surface area (Å²) in [5.74, 6) is -0.460. The molecule has 4 nitrogen and oxygen atoms in total. The van der Waals surface area contributed by atoms with Crippen molar-refractivity contribution in [2.75, 3.05) is 19.9 Å². The van der Waals surface area contributed by atoms with Crippen LogP contribution in [0.15, 0.2) is 4.91 Å². The lowest BCUT2D eigenvalue weighted by atomic mass is 10.4. The van der Waals surface area contributed by atoms with E-state index >= 15 is 0 Å². The van der Waals surface area contributed by atoms with Crippen molar-refractivity contribution in [3.63, 3.8) is 0 Å². The molecule has 1 unspecified atom stereocenters. The number of rotatable bonds is 3. The van der Waals surface area contributed by atoms with Gasteiger partial charge in [0.2, 0.25) is 0 Å². The Bertz CT molecular complexity index is 172. The predicted molar refractivity (Wildman–Crippen MR) is 46.1 cm³/mol. The Morgan fingerprint density at radius 1 is 1.67 bits per heavy atom. The van der Waals surface area contributed by atoms with Crippen LogP contribution in [-0.4, -0.2) is 31.8 Å². The summed E-state index contributed by atoms with van der Waals surface area (Å²) >= 11 is 0. The molecular weight excluding hydrogens is 177 g/mol. The number of ether oxygens (including phenoxy) is 2. The molecule has 70 valence electrons. The number of nitrogens with zero attached hydrogens (tertiary/aromatic N) is 1. The second kappa shape index (κ2) is 4.28. The van der Waals surface area contributed by atoms with Gasteiger partial charge in [-0.25, -0.2) is 4.84 Å². The minimum absolute atomic E-state index is 0.0190. The first-order chi connectivity index (χ1) is 5.64. The predicted octanol–water partition coefficient (Wildman–Crippen LogP) is 1.83. The first kappa shape index (κ1) is 10.1. The van der Waals surface area contributed by atoms with Crippen LogP contribution >= 0.6 is 8.37 Å². The van der Waals surface area contributed by atoms with E-state index in [1.54, 1.807) is 0 Å². The van der Waals surface area contributed by atoms with Gasteiger partial charge in [-0.05, 0) is 20.5 Å². The average Bonchev–Trinajstić information content (AvgIpc) is 2.31. The summed E-state index contributed by atoms with van der Waals surface area (Å²) in [5, 5.41) is 0. The van der Waals surface area contributed by atoms with Gasteiger partial charge in [-0.3, -0.25) is 0 Å². The largest absolute Gasteiger partial charge is 0.348 e. The maximum Gasteiger partial charge on any atom is 0.163 e. The second-order valence-corrected chi connectivity index (χ2v) is 3.59. The van der Waals surface area contributed by atoms with Crippen molar-refractivity contribution in [1.82, 2.24) is 0 Å². The van der Waals surface area contributed by atoms with Crippen molar-refractivity contribution in [2.24, 2.45) is 4.91 Å². The molecule has 0 radical (unpaired) electrons. The van der Waals surface area contributed by atoms with E-state index in [1.165, 1.54) is 0 Å². The molecule has 0 aromatic rings. The number of hydrogen-bond acceptors (Lipinski definition) is 4. The van der Waals surface area contributed by atoms with Gasteiger partial charge in [0.1, 0.15) is 12.7 Å². The molecule has 0 aliphatic carbocycles. The van der Waals surface area contributed by atoms with E-state index in [-0.39, 0.29) is 6.10 Å². The molecule has 5 heteroatoms. The molecule has 12 heavy (non-hydrogen) atoms. The summed E-state index contributed by atoms with van der Waals surface area (Å²) < 4.78 is 10.8. The van der Waals surface area contributed by atoms with Gasteiger partial charge in [-0.1, -0.05) is 0 Å². The van der Waals surface area contributed by atoms with Crippen LogP contribution in [0.4, 0.5) is 0 Å². The first-order valence-corrected chi connectivity index (χ1v) is 5.16. The molecule has 1 fully saturated rings. The highest BCUT2D eigenvalue weighted by molar-refractivity contribution is 7.25. The van der Waals surface area contributed by atoms with Crippen molar-refractivity contribution in [2.45, 2.75) is 25.7 Å². The standard InChI is InChI=1S/C7H14NO3P/c1-7(2)9-4-6(11-7)5-10-8-12-3/h6H,4-5H2,1-3H3. The summed E-state index contributed by atoms with van der Waals surface area (Å²) in [6.07, 6.45) is 0.0190. The molecule has 0 spiro atoms. The molecule has 0 N–H and O–H groups in total. The van der Waals surface area contributed by atoms with Crippen LogP contribution < -0.4 is 0 Å². The average molecular weight is 191 g/mol. The molecule has 0 aromatic heterocycles. The first-order valence-electron chi connectivity index (χ1n) is 3.87. The van der Waals surface area contributed by atoms with Gasteiger partial charge in [-0.2, -0.15) is 0 Å². The zero-order valence-electron chi connectivity index (χ0n) is 7.61. The lowest BCUT2D eigenvalue weighted by molar-refractivity contribution is -0.144. The van der Waals surface area contributed by atoms with E-state index in [4.69, 9.17) is 14.3 Å². The molecule has 0 amide bonds. The van der Waals surface area contributed by atoms with Crippen LogP contribution in [0.25, 0.3) is 0 Å². The van der Waals surface area contributed by atoms with Crippen LogP contribution in [0.2, 0.25) is 0 Å². The van der Waals surface area contributed by atoms with Crippen molar-refractivity contribution >= 4 is 8.37 Å². The van der Waals surface area contributed by atoms with Crippen LogP contribution in [0.3, 0.4) is 0 Å². The third-order valence-electron chi connectivity index (χ3n) is 1.47. The smallest absolute Gasteiger partial charge is 0.163 e. The van der Waals surface area contributed by atoms with E-state index in [0.717, 1.165) is 8.37 Å². The number of hydrogen-bond donors (Lipinski definition) is 0. The van der Waals surface area contributed by atoms with Gasteiger partial charge < -0.3 is 9.47 Å². The molecule has 0 aromatic carbocycles. The Balaban J connectivity index is 2.19. The fraction of sp³-hybridized carbons (Fsp3) is 1.00. The normalized spacial score (nSPS) is 28.4. The third-order valence-corrected chi connectivity index (χ3v) is 1.75. The van der Waals surface area contributed by atoms with E-state index in [9.17, 15) is 0 Å². The fourth-order valence-electron chi connectivity index (χ4n) is 1.02. The van der Waals surface area contributed by atoms with Crippen LogP contribution in [0, 0.1) is 0 Å². The molecule has 1 atom stereocenters. The highest BCUT2D eigenvalue weighted by atomic mass is 31.1. The molecule has 0 bridgehead atoms. The van der Waals surface area contributed by atoms with Gasteiger partial charge in [0, 0.05) is 8.37 Å². The van der Waals surface area contributed by atoms with Crippen molar-refractivity contribution < 1.29 is 14.3 Å². The summed E-state index contributed by atoms with van der Waals surface area (Å²) in [4.78, 5) is 8.69. The SMILES string of the molecule is CP=NOCC1COC(C)(C)O1. The molecule has 1 aliphatic heterocycles. The Morgan fingerprint density at radius 2 is 2.42 bits per heavy atom. The van der Waals surface area contributed by atoms with Gasteiger partial charge in [0.15, 0.2) is 5.79 Å². The van der Waals surface area contributed by atoms with Gasteiger partial charge in [0.25, 0.3) is 0 Å². The van der Waals surface area contributed by atoms with E-state index in [2.05, 4.69) is 4.91 Å². The van der Waals surface area contributed by atoms with Crippen molar-refractivity contribution in [3.8, 4) is 0 Å². The lowest BCUT2D eigenvalue weighted by Crippen LogP contribution is -2.23. The van der Waals surface area contributed by atoms with Crippen LogP contribution in [0.1, 0.15) is 13.8 Å². The highest BCUT2D eigenvalue weighted by Gasteiger charge is 2.32. The monoisotopic (exact) mass is 191 g/mol. The molecule has 1 heterocycles.